The fraction of sp³-hybridized carbons (Fsp3) is 0.400. The molecule has 0 spiro atoms. The smallest absolute Gasteiger partial charge is 0.302 e. The summed E-state index contributed by atoms with van der Waals surface area (Å²) in [6.45, 7) is 2.05. The summed E-state index contributed by atoms with van der Waals surface area (Å²) in [4.78, 5) is 49.8. The average Bonchev–Trinajstić information content (AvgIpc) is 3.21. The molecular formula is C25H28N2O9. The first-order valence-electron chi connectivity index (χ1n) is 11.2. The highest BCUT2D eigenvalue weighted by Gasteiger charge is 2.39. The zero-order chi connectivity index (χ0) is 26.6. The van der Waals surface area contributed by atoms with E-state index in [0.29, 0.717) is 24.3 Å². The molecule has 3 rings (SSSR count). The molecule has 1 saturated heterocycles. The molecule has 0 aliphatic carbocycles. The van der Waals surface area contributed by atoms with Gasteiger partial charge >= 0.3 is 5.97 Å². The molecule has 36 heavy (non-hydrogen) atoms. The van der Waals surface area contributed by atoms with Gasteiger partial charge in [0.15, 0.2) is 11.6 Å². The molecule has 2 atom stereocenters. The molecule has 2 aromatic carbocycles. The van der Waals surface area contributed by atoms with Crippen LogP contribution in [0, 0.1) is 10.1 Å². The Morgan fingerprint density at radius 3 is 2.44 bits per heavy atom. The first-order chi connectivity index (χ1) is 17.1. The van der Waals surface area contributed by atoms with Crippen molar-refractivity contribution in [3.63, 3.8) is 0 Å². The van der Waals surface area contributed by atoms with E-state index in [1.165, 1.54) is 45.4 Å². The average molecular weight is 501 g/mol. The lowest BCUT2D eigenvalue weighted by Gasteiger charge is -2.27. The predicted molar refractivity (Wildman–Crippen MR) is 128 cm³/mol. The van der Waals surface area contributed by atoms with E-state index in [-0.39, 0.29) is 46.9 Å². The monoisotopic (exact) mass is 500 g/mol. The number of benzene rings is 2. The predicted octanol–water partition coefficient (Wildman–Crippen LogP) is 3.12. The molecule has 1 aliphatic rings. The Bertz CT molecular complexity index is 1190. The topological polar surface area (TPSA) is 146 Å². The van der Waals surface area contributed by atoms with Crippen LogP contribution in [0.2, 0.25) is 0 Å². The summed E-state index contributed by atoms with van der Waals surface area (Å²) in [6, 6.07) is 6.28. The van der Waals surface area contributed by atoms with Gasteiger partial charge in [0, 0.05) is 42.2 Å². The van der Waals surface area contributed by atoms with Crippen LogP contribution in [0.4, 0.5) is 5.69 Å². The van der Waals surface area contributed by atoms with Crippen LogP contribution in [0.25, 0.3) is 0 Å². The van der Waals surface area contributed by atoms with Gasteiger partial charge in [0.1, 0.15) is 29.4 Å². The number of carbonyl (C=O) groups is 3. The van der Waals surface area contributed by atoms with Gasteiger partial charge in [0.25, 0.3) is 5.69 Å². The van der Waals surface area contributed by atoms with E-state index in [1.807, 2.05) is 11.9 Å². The minimum Gasteiger partial charge on any atom is -0.507 e. The molecule has 192 valence electrons. The lowest BCUT2D eigenvalue weighted by Crippen LogP contribution is -2.34. The van der Waals surface area contributed by atoms with E-state index in [0.717, 1.165) is 6.07 Å². The van der Waals surface area contributed by atoms with Crippen LogP contribution in [-0.4, -0.2) is 72.9 Å². The highest BCUT2D eigenvalue weighted by Crippen LogP contribution is 2.47. The highest BCUT2D eigenvalue weighted by molar-refractivity contribution is 6.15. The van der Waals surface area contributed by atoms with Crippen molar-refractivity contribution in [3.05, 3.63) is 57.1 Å². The number of nitro benzene ring substituents is 1. The summed E-state index contributed by atoms with van der Waals surface area (Å²) in [5.41, 5.74) is -0.105. The first kappa shape index (κ1) is 26.6. The molecule has 1 aliphatic heterocycles. The number of aromatic hydroxyl groups is 1. The fourth-order valence-electron chi connectivity index (χ4n) is 4.51. The number of phenolic OH excluding ortho intramolecular Hbond substituents is 1. The first-order valence-corrected chi connectivity index (χ1v) is 11.2. The number of esters is 1. The number of nitrogens with zero attached hydrogens (tertiary/aromatic N) is 2. The van der Waals surface area contributed by atoms with Gasteiger partial charge in [-0.05, 0) is 20.0 Å². The molecular weight excluding hydrogens is 472 g/mol. The van der Waals surface area contributed by atoms with Crippen molar-refractivity contribution in [1.82, 2.24) is 4.90 Å². The summed E-state index contributed by atoms with van der Waals surface area (Å²) in [7, 11) is 4.61. The summed E-state index contributed by atoms with van der Waals surface area (Å²) in [6.07, 6.45) is -0.0444. The largest absolute Gasteiger partial charge is 0.507 e. The van der Waals surface area contributed by atoms with Crippen LogP contribution in [0.15, 0.2) is 30.3 Å². The fourth-order valence-corrected chi connectivity index (χ4v) is 4.51. The third-order valence-corrected chi connectivity index (χ3v) is 6.34. The Balaban J connectivity index is 2.00. The summed E-state index contributed by atoms with van der Waals surface area (Å²) < 4.78 is 16.1. The molecule has 0 radical (unpaired) electrons. The lowest BCUT2D eigenvalue weighted by atomic mass is 9.87. The van der Waals surface area contributed by atoms with E-state index < -0.39 is 28.9 Å². The number of non-ortho nitro benzene ring substituents is 1. The maximum absolute atomic E-state index is 13.3. The molecule has 0 aromatic heterocycles. The van der Waals surface area contributed by atoms with Crippen LogP contribution in [0.1, 0.15) is 52.0 Å². The maximum Gasteiger partial charge on any atom is 0.302 e. The molecule has 1 heterocycles. The number of carbonyl (C=O) groups excluding carboxylic acids is 3. The van der Waals surface area contributed by atoms with Crippen LogP contribution in [0.5, 0.6) is 17.2 Å². The number of Topliss-reactive ketones (excluding diaryl/α,β-unsaturated/α-hetero) is 2. The molecule has 0 unspecified atom stereocenters. The number of ether oxygens (including phenoxy) is 3. The zero-order valence-electron chi connectivity index (χ0n) is 20.5. The van der Waals surface area contributed by atoms with Gasteiger partial charge < -0.3 is 19.3 Å². The Morgan fingerprint density at radius 2 is 1.83 bits per heavy atom. The van der Waals surface area contributed by atoms with Gasteiger partial charge in [-0.2, -0.15) is 0 Å². The summed E-state index contributed by atoms with van der Waals surface area (Å²) in [5.74, 6) is -2.20. The van der Waals surface area contributed by atoms with E-state index >= 15 is 0 Å². The van der Waals surface area contributed by atoms with Crippen molar-refractivity contribution in [2.75, 3.05) is 34.4 Å². The van der Waals surface area contributed by atoms with Crippen LogP contribution < -0.4 is 9.47 Å². The van der Waals surface area contributed by atoms with Crippen molar-refractivity contribution in [3.8, 4) is 17.2 Å². The molecule has 0 amide bonds. The number of nitro groups is 1. The van der Waals surface area contributed by atoms with Crippen molar-refractivity contribution < 1.29 is 38.6 Å². The number of rotatable bonds is 10. The lowest BCUT2D eigenvalue weighted by molar-refractivity contribution is -0.384. The summed E-state index contributed by atoms with van der Waals surface area (Å²) >= 11 is 0. The number of likely N-dealkylation sites (N-methyl/N-ethyl adjacent to an activating group) is 1. The maximum atomic E-state index is 13.3. The third kappa shape index (κ3) is 5.46. The van der Waals surface area contributed by atoms with Gasteiger partial charge in [0.2, 0.25) is 0 Å². The molecule has 0 saturated carbocycles. The standard InChI is InChI=1S/C25H28N2O9/c1-14(28)36-13-18-17(8-9-26(18)2)23-21(34-3)12-22(35-4)24(25(23)31)20(30)11-19(29)15-6-5-7-16(10-15)27(32)33/h5-7,10,12,17-18,31H,8-9,11,13H2,1-4H3/t17-,18+/m1/s1. The Labute approximate surface area is 207 Å². The van der Waals surface area contributed by atoms with Crippen molar-refractivity contribution in [1.29, 1.82) is 0 Å². The van der Waals surface area contributed by atoms with Crippen LogP contribution >= 0.6 is 0 Å². The van der Waals surface area contributed by atoms with Crippen LogP contribution in [-0.2, 0) is 9.53 Å². The molecule has 1 fully saturated rings. The van der Waals surface area contributed by atoms with Crippen molar-refractivity contribution >= 4 is 23.2 Å². The van der Waals surface area contributed by atoms with Crippen molar-refractivity contribution in [2.45, 2.75) is 31.7 Å². The second kappa shape index (κ2) is 11.2. The molecule has 2 aromatic rings. The van der Waals surface area contributed by atoms with Gasteiger partial charge in [-0.25, -0.2) is 0 Å². The van der Waals surface area contributed by atoms with Gasteiger partial charge in [-0.3, -0.25) is 29.4 Å². The number of hydrogen-bond acceptors (Lipinski definition) is 10. The van der Waals surface area contributed by atoms with Crippen molar-refractivity contribution in [2.24, 2.45) is 0 Å². The molecule has 0 bridgehead atoms. The minimum absolute atomic E-state index is 0.00334. The number of ketones is 2. The van der Waals surface area contributed by atoms with E-state index in [1.54, 1.807) is 0 Å². The van der Waals surface area contributed by atoms with Gasteiger partial charge in [-0.15, -0.1) is 0 Å². The van der Waals surface area contributed by atoms with Gasteiger partial charge in [0.05, 0.1) is 31.6 Å². The Kier molecular flexibility index (Phi) is 8.25. The number of likely N-dealkylation sites (tertiary alicyclic amines) is 1. The number of phenols is 1. The quantitative estimate of drug-likeness (QED) is 0.170. The second-order valence-corrected chi connectivity index (χ2v) is 8.49. The van der Waals surface area contributed by atoms with E-state index in [2.05, 4.69) is 0 Å². The highest BCUT2D eigenvalue weighted by atomic mass is 16.6. The molecule has 11 heteroatoms. The number of hydrogen-bond donors (Lipinski definition) is 1. The third-order valence-electron chi connectivity index (χ3n) is 6.34. The minimum atomic E-state index is -0.715. The Hall–Kier alpha value is -3.99. The summed E-state index contributed by atoms with van der Waals surface area (Å²) in [5, 5.41) is 22.4. The molecule has 1 N–H and O–H groups in total. The van der Waals surface area contributed by atoms with E-state index in [4.69, 9.17) is 14.2 Å². The second-order valence-electron chi connectivity index (χ2n) is 8.49. The van der Waals surface area contributed by atoms with Gasteiger partial charge in [-0.1, -0.05) is 12.1 Å². The molecule has 11 nitrogen and oxygen atoms in total. The SMILES string of the molecule is COc1cc(OC)c([C@@H]2CCN(C)[C@H]2COC(C)=O)c(O)c1C(=O)CC(=O)c1cccc([N+](=O)[O-])c1. The zero-order valence-corrected chi connectivity index (χ0v) is 20.5. The Morgan fingerprint density at radius 1 is 1.14 bits per heavy atom. The van der Waals surface area contributed by atoms with Crippen LogP contribution in [0.3, 0.4) is 0 Å². The normalized spacial score (nSPS) is 17.4. The number of methoxy groups -OCH3 is 2. The van der Waals surface area contributed by atoms with E-state index in [9.17, 15) is 29.6 Å².